The van der Waals surface area contributed by atoms with Crippen LogP contribution in [-0.4, -0.2) is 49.8 Å². The highest BCUT2D eigenvalue weighted by Gasteiger charge is 2.27. The van der Waals surface area contributed by atoms with Crippen molar-refractivity contribution in [2.24, 2.45) is 5.92 Å². The average molecular weight is 489 g/mol. The molecule has 1 atom stereocenters. The molecule has 36 heavy (non-hydrogen) atoms. The minimum absolute atomic E-state index is 0.0335. The number of pyridine rings is 1. The zero-order valence-corrected chi connectivity index (χ0v) is 22.0. The van der Waals surface area contributed by atoms with Crippen LogP contribution in [0.15, 0.2) is 30.7 Å². The molecular weight excluding hydrogens is 448 g/mol. The standard InChI is InChI=1S/C29H40N6O/c1-4-8-20(3)28(36)26-15-22-17-30-27(16-25(22)35(26)24-9-6-7-10-24)33-29-31-18-23(19-32-29)21-11-13-34(5-2)14-12-21/h15-21,24H,4-14H2,1-3H3,(H,30,31,32,33). The van der Waals surface area contributed by atoms with Gasteiger partial charge in [-0.25, -0.2) is 15.0 Å². The number of nitrogens with one attached hydrogen (secondary N) is 1. The van der Waals surface area contributed by atoms with Crippen LogP contribution in [0.4, 0.5) is 11.8 Å². The van der Waals surface area contributed by atoms with Crippen LogP contribution in [0.5, 0.6) is 0 Å². The van der Waals surface area contributed by atoms with E-state index in [-0.39, 0.29) is 11.7 Å². The Morgan fingerprint density at radius 1 is 1.03 bits per heavy atom. The number of hydrogen-bond donors (Lipinski definition) is 1. The monoisotopic (exact) mass is 488 g/mol. The molecule has 2 aliphatic rings. The lowest BCUT2D eigenvalue weighted by molar-refractivity contribution is 0.0912. The van der Waals surface area contributed by atoms with Crippen LogP contribution in [0.1, 0.15) is 100 Å². The fourth-order valence-corrected chi connectivity index (χ4v) is 6.06. The van der Waals surface area contributed by atoms with Gasteiger partial charge in [0.15, 0.2) is 5.78 Å². The molecule has 7 heteroatoms. The van der Waals surface area contributed by atoms with E-state index in [0.29, 0.717) is 23.7 Å². The second-order valence-electron chi connectivity index (χ2n) is 10.7. The molecule has 0 aromatic carbocycles. The Morgan fingerprint density at radius 2 is 1.75 bits per heavy atom. The molecule has 1 aliphatic heterocycles. The molecule has 4 heterocycles. The lowest BCUT2D eigenvalue weighted by Crippen LogP contribution is -2.32. The van der Waals surface area contributed by atoms with Crippen LogP contribution in [0.25, 0.3) is 10.9 Å². The highest BCUT2D eigenvalue weighted by atomic mass is 16.1. The summed E-state index contributed by atoms with van der Waals surface area (Å²) in [6.07, 6.45) is 14.8. The Bertz CT molecular complexity index is 1170. The molecule has 3 aromatic heterocycles. The summed E-state index contributed by atoms with van der Waals surface area (Å²) in [6, 6.07) is 4.49. The lowest BCUT2D eigenvalue weighted by Gasteiger charge is -2.30. The number of Topliss-reactive ketones (excluding diaryl/α,β-unsaturated/α-hetero) is 1. The summed E-state index contributed by atoms with van der Waals surface area (Å²) in [5.41, 5.74) is 3.14. The molecule has 0 bridgehead atoms. The van der Waals surface area contributed by atoms with Crippen LogP contribution in [0, 0.1) is 5.92 Å². The van der Waals surface area contributed by atoms with E-state index in [2.05, 4.69) is 56.6 Å². The number of piperidine rings is 1. The first-order chi connectivity index (χ1) is 17.6. The minimum Gasteiger partial charge on any atom is -0.335 e. The molecule has 5 rings (SSSR count). The topological polar surface area (TPSA) is 75.9 Å². The van der Waals surface area contributed by atoms with E-state index in [0.717, 1.165) is 74.8 Å². The highest BCUT2D eigenvalue weighted by Crippen LogP contribution is 2.36. The fraction of sp³-hybridized carbons (Fsp3) is 0.586. The van der Waals surface area contributed by atoms with E-state index in [4.69, 9.17) is 0 Å². The van der Waals surface area contributed by atoms with E-state index in [1.807, 2.05) is 24.7 Å². The number of fused-ring (bicyclic) bond motifs is 1. The third kappa shape index (κ3) is 5.17. The molecule has 3 aromatic rings. The number of rotatable bonds is 9. The highest BCUT2D eigenvalue weighted by molar-refractivity contribution is 6.01. The van der Waals surface area contributed by atoms with Gasteiger partial charge in [-0.2, -0.15) is 0 Å². The summed E-state index contributed by atoms with van der Waals surface area (Å²) in [4.78, 5) is 29.7. The Labute approximate surface area is 214 Å². The molecule has 1 saturated carbocycles. The largest absolute Gasteiger partial charge is 0.335 e. The predicted octanol–water partition coefficient (Wildman–Crippen LogP) is 6.50. The number of hydrogen-bond acceptors (Lipinski definition) is 6. The first-order valence-corrected chi connectivity index (χ1v) is 13.9. The van der Waals surface area contributed by atoms with Crippen molar-refractivity contribution in [3.63, 3.8) is 0 Å². The van der Waals surface area contributed by atoms with Crippen molar-refractivity contribution in [3.05, 3.63) is 42.0 Å². The van der Waals surface area contributed by atoms with Crippen molar-refractivity contribution in [1.29, 1.82) is 0 Å². The summed E-state index contributed by atoms with van der Waals surface area (Å²) < 4.78 is 2.30. The van der Waals surface area contributed by atoms with Crippen molar-refractivity contribution in [2.75, 3.05) is 25.0 Å². The van der Waals surface area contributed by atoms with Crippen LogP contribution in [-0.2, 0) is 0 Å². The van der Waals surface area contributed by atoms with Gasteiger partial charge in [0, 0.05) is 42.0 Å². The molecule has 192 valence electrons. The number of carbonyl (C=O) groups is 1. The maximum atomic E-state index is 13.4. The van der Waals surface area contributed by atoms with Crippen LogP contribution in [0.2, 0.25) is 0 Å². The van der Waals surface area contributed by atoms with Crippen molar-refractivity contribution in [1.82, 2.24) is 24.4 Å². The number of nitrogens with zero attached hydrogens (tertiary/aromatic N) is 5. The first kappa shape index (κ1) is 24.9. The third-order valence-electron chi connectivity index (χ3n) is 8.25. The summed E-state index contributed by atoms with van der Waals surface area (Å²) in [6.45, 7) is 9.84. The Morgan fingerprint density at radius 3 is 2.42 bits per heavy atom. The second-order valence-corrected chi connectivity index (χ2v) is 10.7. The minimum atomic E-state index is 0.0335. The zero-order valence-electron chi connectivity index (χ0n) is 22.0. The van der Waals surface area contributed by atoms with E-state index in [1.54, 1.807) is 0 Å². The summed E-state index contributed by atoms with van der Waals surface area (Å²) in [7, 11) is 0. The van der Waals surface area contributed by atoms with Crippen molar-refractivity contribution in [3.8, 4) is 0 Å². The third-order valence-corrected chi connectivity index (χ3v) is 8.25. The van der Waals surface area contributed by atoms with Crippen LogP contribution < -0.4 is 5.32 Å². The van der Waals surface area contributed by atoms with E-state index in [1.165, 1.54) is 18.4 Å². The molecule has 0 spiro atoms. The molecule has 1 N–H and O–H groups in total. The summed E-state index contributed by atoms with van der Waals surface area (Å²) in [5.74, 6) is 2.09. The van der Waals surface area contributed by atoms with E-state index < -0.39 is 0 Å². The molecule has 2 fully saturated rings. The van der Waals surface area contributed by atoms with Gasteiger partial charge >= 0.3 is 0 Å². The summed E-state index contributed by atoms with van der Waals surface area (Å²) >= 11 is 0. The van der Waals surface area contributed by atoms with Gasteiger partial charge < -0.3 is 14.8 Å². The second kappa shape index (κ2) is 11.1. The molecule has 1 saturated heterocycles. The fourth-order valence-electron chi connectivity index (χ4n) is 6.06. The van der Waals surface area contributed by atoms with Gasteiger partial charge in [0.2, 0.25) is 5.95 Å². The van der Waals surface area contributed by atoms with Crippen LogP contribution in [0.3, 0.4) is 0 Å². The van der Waals surface area contributed by atoms with Crippen LogP contribution >= 0.6 is 0 Å². The number of likely N-dealkylation sites (tertiary alicyclic amines) is 1. The van der Waals surface area contributed by atoms with Gasteiger partial charge in [-0.3, -0.25) is 4.79 Å². The van der Waals surface area contributed by atoms with E-state index in [9.17, 15) is 4.79 Å². The van der Waals surface area contributed by atoms with Crippen molar-refractivity contribution >= 4 is 28.5 Å². The SMILES string of the molecule is CCCC(C)C(=O)c1cc2cnc(Nc3ncc(C4CCN(CC)CC4)cn3)cc2n1C1CCCC1. The van der Waals surface area contributed by atoms with Crippen molar-refractivity contribution in [2.45, 2.75) is 84.1 Å². The molecule has 7 nitrogen and oxygen atoms in total. The van der Waals surface area contributed by atoms with E-state index >= 15 is 0 Å². The average Bonchev–Trinajstić information content (AvgIpc) is 3.56. The Balaban J connectivity index is 1.38. The molecule has 1 unspecified atom stereocenters. The zero-order chi connectivity index (χ0) is 25.1. The summed E-state index contributed by atoms with van der Waals surface area (Å²) in [5, 5.41) is 4.32. The van der Waals surface area contributed by atoms with Gasteiger partial charge in [-0.1, -0.05) is 40.0 Å². The molecule has 0 amide bonds. The molecular formula is C29H40N6O. The van der Waals surface area contributed by atoms with Gasteiger partial charge in [-0.15, -0.1) is 0 Å². The quantitative estimate of drug-likeness (QED) is 0.346. The lowest BCUT2D eigenvalue weighted by atomic mass is 9.91. The Hall–Kier alpha value is -2.80. The predicted molar refractivity (Wildman–Crippen MR) is 145 cm³/mol. The molecule has 1 aliphatic carbocycles. The number of anilines is 2. The molecule has 0 radical (unpaired) electrons. The van der Waals surface area contributed by atoms with Crippen molar-refractivity contribution < 1.29 is 4.79 Å². The maximum Gasteiger partial charge on any atom is 0.228 e. The van der Waals surface area contributed by atoms with Gasteiger partial charge in [-0.05, 0) is 69.3 Å². The number of carbonyl (C=O) groups excluding carboxylic acids is 1. The first-order valence-electron chi connectivity index (χ1n) is 13.9. The Kier molecular flexibility index (Phi) is 7.65. The number of aromatic nitrogens is 4. The van der Waals surface area contributed by atoms with Gasteiger partial charge in [0.05, 0.1) is 11.2 Å². The normalized spacial score (nSPS) is 18.6. The van der Waals surface area contributed by atoms with Gasteiger partial charge in [0.1, 0.15) is 5.82 Å². The van der Waals surface area contributed by atoms with Gasteiger partial charge in [0.25, 0.3) is 0 Å². The number of ketones is 1. The smallest absolute Gasteiger partial charge is 0.228 e. The maximum absolute atomic E-state index is 13.4.